The van der Waals surface area contributed by atoms with E-state index in [0.29, 0.717) is 11.0 Å². The predicted molar refractivity (Wildman–Crippen MR) is 99.4 cm³/mol. The van der Waals surface area contributed by atoms with E-state index in [1.807, 2.05) is 48.0 Å². The zero-order valence-corrected chi connectivity index (χ0v) is 15.4. The summed E-state index contributed by atoms with van der Waals surface area (Å²) in [7, 11) is 1.89. The molecule has 4 nitrogen and oxygen atoms in total. The summed E-state index contributed by atoms with van der Waals surface area (Å²) in [5.41, 5.74) is 2.32. The van der Waals surface area contributed by atoms with Crippen molar-refractivity contribution < 1.29 is 4.79 Å². The summed E-state index contributed by atoms with van der Waals surface area (Å²) in [5, 5.41) is 3.62. The van der Waals surface area contributed by atoms with E-state index in [4.69, 9.17) is 11.6 Å². The van der Waals surface area contributed by atoms with Crippen LogP contribution in [0.4, 0.5) is 5.95 Å². The fraction of sp³-hybridized carbons (Fsp3) is 0.222. The van der Waals surface area contributed by atoms with Crippen LogP contribution in [-0.2, 0) is 17.3 Å². The molecule has 0 unspecified atom stereocenters. The summed E-state index contributed by atoms with van der Waals surface area (Å²) < 4.78 is 2.89. The maximum absolute atomic E-state index is 12.9. The van der Waals surface area contributed by atoms with E-state index in [9.17, 15) is 4.79 Å². The molecule has 1 fully saturated rings. The van der Waals surface area contributed by atoms with Gasteiger partial charge in [-0.1, -0.05) is 39.7 Å². The number of amides is 1. The van der Waals surface area contributed by atoms with Gasteiger partial charge in [0.25, 0.3) is 0 Å². The third-order valence-corrected chi connectivity index (χ3v) is 5.41. The van der Waals surface area contributed by atoms with E-state index in [1.54, 1.807) is 6.07 Å². The summed E-state index contributed by atoms with van der Waals surface area (Å²) >= 11 is 9.45. The molecule has 2 aromatic carbocycles. The summed E-state index contributed by atoms with van der Waals surface area (Å²) in [4.78, 5) is 17.4. The molecule has 0 spiro atoms. The highest BCUT2D eigenvalue weighted by molar-refractivity contribution is 9.10. The molecule has 1 amide bonds. The number of fused-ring (bicyclic) bond motifs is 1. The van der Waals surface area contributed by atoms with Crippen molar-refractivity contribution in [2.24, 2.45) is 7.05 Å². The standard InChI is InChI=1S/C18H15BrClN3O/c1-23-15-7-6-13(20)10-14(15)21-17(23)22-16(24)18(8-9-18)11-2-4-12(19)5-3-11/h2-7,10H,8-9H2,1H3,(H,21,22,24). The number of aromatic nitrogens is 2. The molecular formula is C18H15BrClN3O. The molecule has 0 bridgehead atoms. The summed E-state index contributed by atoms with van der Waals surface area (Å²) in [5.74, 6) is 0.537. The van der Waals surface area contributed by atoms with Gasteiger partial charge in [0.05, 0.1) is 16.4 Å². The smallest absolute Gasteiger partial charge is 0.237 e. The normalized spacial score (nSPS) is 15.5. The zero-order valence-electron chi connectivity index (χ0n) is 13.0. The number of halogens is 2. The van der Waals surface area contributed by atoms with Crippen LogP contribution in [0.25, 0.3) is 11.0 Å². The third kappa shape index (κ3) is 2.52. The van der Waals surface area contributed by atoms with Crippen LogP contribution in [0.3, 0.4) is 0 Å². The van der Waals surface area contributed by atoms with Crippen molar-refractivity contribution in [3.05, 3.63) is 57.5 Å². The van der Waals surface area contributed by atoms with E-state index in [1.165, 1.54) is 0 Å². The molecule has 0 saturated heterocycles. The van der Waals surface area contributed by atoms with E-state index in [2.05, 4.69) is 26.2 Å². The Bertz CT molecular complexity index is 945. The third-order valence-electron chi connectivity index (χ3n) is 4.65. The first-order chi connectivity index (χ1) is 11.5. The van der Waals surface area contributed by atoms with Crippen LogP contribution in [-0.4, -0.2) is 15.5 Å². The molecular weight excluding hydrogens is 390 g/mol. The van der Waals surface area contributed by atoms with Crippen LogP contribution in [0.2, 0.25) is 5.02 Å². The molecule has 1 aromatic heterocycles. The number of hydrogen-bond donors (Lipinski definition) is 1. The highest BCUT2D eigenvalue weighted by Crippen LogP contribution is 2.49. The summed E-state index contributed by atoms with van der Waals surface area (Å²) in [6.45, 7) is 0. The van der Waals surface area contributed by atoms with Crippen LogP contribution in [0.15, 0.2) is 46.9 Å². The van der Waals surface area contributed by atoms with Gasteiger partial charge in [-0.15, -0.1) is 0 Å². The van der Waals surface area contributed by atoms with Crippen molar-refractivity contribution >= 4 is 50.4 Å². The van der Waals surface area contributed by atoms with Crippen LogP contribution in [0, 0.1) is 0 Å². The van der Waals surface area contributed by atoms with Gasteiger partial charge in [-0.25, -0.2) is 4.98 Å². The molecule has 1 aliphatic carbocycles. The second kappa shape index (κ2) is 5.60. The topological polar surface area (TPSA) is 46.9 Å². The van der Waals surface area contributed by atoms with Crippen molar-refractivity contribution in [3.8, 4) is 0 Å². The number of benzene rings is 2. The van der Waals surface area contributed by atoms with E-state index in [-0.39, 0.29) is 5.91 Å². The monoisotopic (exact) mass is 403 g/mol. The number of carbonyl (C=O) groups excluding carboxylic acids is 1. The van der Waals surface area contributed by atoms with Crippen LogP contribution in [0.5, 0.6) is 0 Å². The quantitative estimate of drug-likeness (QED) is 0.690. The minimum atomic E-state index is -0.434. The Kier molecular flexibility index (Phi) is 3.66. The molecule has 122 valence electrons. The van der Waals surface area contributed by atoms with Gasteiger partial charge in [-0.3, -0.25) is 10.1 Å². The van der Waals surface area contributed by atoms with Crippen molar-refractivity contribution in [2.45, 2.75) is 18.3 Å². The van der Waals surface area contributed by atoms with Crippen molar-refractivity contribution in [1.82, 2.24) is 9.55 Å². The lowest BCUT2D eigenvalue weighted by Gasteiger charge is -2.15. The number of hydrogen-bond acceptors (Lipinski definition) is 2. The average Bonchev–Trinajstić information content (AvgIpc) is 3.31. The number of aryl methyl sites for hydroxylation is 1. The fourth-order valence-electron chi connectivity index (χ4n) is 3.05. The lowest BCUT2D eigenvalue weighted by atomic mass is 9.95. The van der Waals surface area contributed by atoms with E-state index >= 15 is 0 Å². The molecule has 0 atom stereocenters. The van der Waals surface area contributed by atoms with E-state index in [0.717, 1.165) is 33.9 Å². The second-order valence-electron chi connectivity index (χ2n) is 6.17. The molecule has 1 N–H and O–H groups in total. The highest BCUT2D eigenvalue weighted by Gasteiger charge is 2.51. The number of nitrogens with zero attached hydrogens (tertiary/aromatic N) is 2. The van der Waals surface area contributed by atoms with Gasteiger partial charge in [0.15, 0.2) is 0 Å². The molecule has 6 heteroatoms. The molecule has 4 rings (SSSR count). The van der Waals surface area contributed by atoms with Crippen molar-refractivity contribution in [3.63, 3.8) is 0 Å². The van der Waals surface area contributed by atoms with Crippen molar-refractivity contribution in [2.75, 3.05) is 5.32 Å². The minimum absolute atomic E-state index is 0.00525. The number of anilines is 1. The molecule has 24 heavy (non-hydrogen) atoms. The first-order valence-corrected chi connectivity index (χ1v) is 8.86. The first kappa shape index (κ1) is 15.7. The number of imidazole rings is 1. The molecule has 1 heterocycles. The van der Waals surface area contributed by atoms with Gasteiger partial charge < -0.3 is 4.57 Å². The molecule has 3 aromatic rings. The number of nitrogens with one attached hydrogen (secondary N) is 1. The van der Waals surface area contributed by atoms with Gasteiger partial charge in [0.1, 0.15) is 0 Å². The van der Waals surface area contributed by atoms with Gasteiger partial charge >= 0.3 is 0 Å². The lowest BCUT2D eigenvalue weighted by molar-refractivity contribution is -0.118. The Morgan fingerprint density at radius 3 is 2.62 bits per heavy atom. The minimum Gasteiger partial charge on any atom is -0.313 e. The fourth-order valence-corrected chi connectivity index (χ4v) is 3.48. The SMILES string of the molecule is Cn1c(NC(=O)C2(c3ccc(Br)cc3)CC2)nc2cc(Cl)ccc21. The van der Waals surface area contributed by atoms with Crippen LogP contribution < -0.4 is 5.32 Å². The maximum Gasteiger partial charge on any atom is 0.237 e. The Balaban J connectivity index is 1.65. The second-order valence-corrected chi connectivity index (χ2v) is 7.52. The Morgan fingerprint density at radius 1 is 1.25 bits per heavy atom. The van der Waals surface area contributed by atoms with Crippen LogP contribution in [0.1, 0.15) is 18.4 Å². The molecule has 1 aliphatic rings. The van der Waals surface area contributed by atoms with Gasteiger partial charge in [0.2, 0.25) is 11.9 Å². The molecule has 1 saturated carbocycles. The predicted octanol–water partition coefficient (Wildman–Crippen LogP) is 4.66. The summed E-state index contributed by atoms with van der Waals surface area (Å²) in [6, 6.07) is 13.5. The zero-order chi connectivity index (χ0) is 16.9. The number of carbonyl (C=O) groups is 1. The van der Waals surface area contributed by atoms with Gasteiger partial charge in [-0.05, 0) is 48.7 Å². The highest BCUT2D eigenvalue weighted by atomic mass is 79.9. The molecule has 0 aliphatic heterocycles. The Morgan fingerprint density at radius 2 is 1.96 bits per heavy atom. The first-order valence-electron chi connectivity index (χ1n) is 7.69. The van der Waals surface area contributed by atoms with Crippen molar-refractivity contribution in [1.29, 1.82) is 0 Å². The molecule has 0 radical (unpaired) electrons. The number of rotatable bonds is 3. The lowest BCUT2D eigenvalue weighted by Crippen LogP contribution is -2.29. The Hall–Kier alpha value is -1.85. The maximum atomic E-state index is 12.9. The summed E-state index contributed by atoms with van der Waals surface area (Å²) in [6.07, 6.45) is 1.71. The van der Waals surface area contributed by atoms with Gasteiger partial charge in [0, 0.05) is 16.5 Å². The van der Waals surface area contributed by atoms with Gasteiger partial charge in [-0.2, -0.15) is 0 Å². The average molecular weight is 405 g/mol. The van der Waals surface area contributed by atoms with Crippen LogP contribution >= 0.6 is 27.5 Å². The Labute approximate surface area is 153 Å². The largest absolute Gasteiger partial charge is 0.313 e. The van der Waals surface area contributed by atoms with E-state index < -0.39 is 5.41 Å².